The minimum absolute atomic E-state index is 0.0781. The summed E-state index contributed by atoms with van der Waals surface area (Å²) >= 11 is 0. The quantitative estimate of drug-likeness (QED) is 0.346. The molecule has 0 unspecified atom stereocenters. The van der Waals surface area contributed by atoms with Gasteiger partial charge in [0.1, 0.15) is 5.82 Å². The third-order valence-electron chi connectivity index (χ3n) is 4.45. The van der Waals surface area contributed by atoms with E-state index in [1.54, 1.807) is 0 Å². The minimum Gasteiger partial charge on any atom is -0.478 e. The number of hydrogen-bond donors (Lipinski definition) is 2. The van der Waals surface area contributed by atoms with Crippen molar-refractivity contribution in [1.82, 2.24) is 4.57 Å². The molecular weight excluding hydrogens is 397 g/mol. The molecule has 2 aromatic carbocycles. The number of pyridine rings is 1. The summed E-state index contributed by atoms with van der Waals surface area (Å²) in [4.78, 5) is 58.7. The number of carbonyl (C=O) groups excluding carboxylic acids is 2. The zero-order valence-electron chi connectivity index (χ0n) is 15.3. The maximum absolute atomic E-state index is 13.2. The van der Waals surface area contributed by atoms with E-state index in [1.165, 1.54) is 47.2 Å². The van der Waals surface area contributed by atoms with Crippen molar-refractivity contribution in [3.05, 3.63) is 81.4 Å². The van der Waals surface area contributed by atoms with E-state index in [0.29, 0.717) is 11.1 Å². The molecule has 30 heavy (non-hydrogen) atoms. The van der Waals surface area contributed by atoms with Gasteiger partial charge in [0.05, 0.1) is 23.1 Å². The lowest BCUT2D eigenvalue weighted by Gasteiger charge is -2.14. The Kier molecular flexibility index (Phi) is 5.54. The summed E-state index contributed by atoms with van der Waals surface area (Å²) in [7, 11) is 0. The molecule has 1 aromatic heterocycles. The molecule has 3 aromatic rings. The number of ketones is 2. The number of hydrogen-bond acceptors (Lipinski definition) is 5. The Morgan fingerprint density at radius 2 is 1.63 bits per heavy atom. The lowest BCUT2D eigenvalue weighted by atomic mass is 10.0. The summed E-state index contributed by atoms with van der Waals surface area (Å²) in [5, 5.41) is 17.8. The van der Waals surface area contributed by atoms with E-state index in [0.717, 1.165) is 6.07 Å². The van der Waals surface area contributed by atoms with Gasteiger partial charge in [-0.05, 0) is 35.9 Å². The maximum atomic E-state index is 13.2. The number of aromatic carboxylic acids is 1. The van der Waals surface area contributed by atoms with Crippen LogP contribution in [0.4, 0.5) is 4.39 Å². The number of aliphatic carboxylic acids is 1. The Labute approximate surface area is 167 Å². The Morgan fingerprint density at radius 3 is 2.23 bits per heavy atom. The smallest absolute Gasteiger partial charge is 0.372 e. The lowest BCUT2D eigenvalue weighted by Crippen LogP contribution is -2.24. The normalized spacial score (nSPS) is 10.7. The Bertz CT molecular complexity index is 1260. The third-order valence-corrected chi connectivity index (χ3v) is 4.45. The number of fused-ring (bicyclic) bond motifs is 1. The average molecular weight is 411 g/mol. The first-order chi connectivity index (χ1) is 14.2. The number of Topliss-reactive ketones (excluding diaryl/α,β-unsaturated/α-hetero) is 2. The molecule has 1 heterocycles. The van der Waals surface area contributed by atoms with E-state index < -0.39 is 46.7 Å². The second kappa shape index (κ2) is 8.08. The van der Waals surface area contributed by atoms with Gasteiger partial charge in [0, 0.05) is 18.1 Å². The topological polar surface area (TPSA) is 131 Å². The molecule has 0 radical (unpaired) electrons. The van der Waals surface area contributed by atoms with E-state index in [1.807, 2.05) is 0 Å². The van der Waals surface area contributed by atoms with Crippen LogP contribution in [0.25, 0.3) is 10.9 Å². The van der Waals surface area contributed by atoms with Crippen LogP contribution in [0, 0.1) is 5.82 Å². The van der Waals surface area contributed by atoms with Gasteiger partial charge < -0.3 is 14.8 Å². The van der Waals surface area contributed by atoms with Gasteiger partial charge in [-0.1, -0.05) is 12.1 Å². The standard InChI is InChI=1S/C21H14FNO7/c22-13-4-1-11(2-5-13)9-23-10-15(17(24)8-18(25)21(29)30)19(26)14-7-12(20(27)28)3-6-16(14)23/h1-7,10H,8-9H2,(H,27,28)(H,29,30). The fourth-order valence-corrected chi connectivity index (χ4v) is 2.96. The summed E-state index contributed by atoms with van der Waals surface area (Å²) in [5.74, 6) is -5.90. The van der Waals surface area contributed by atoms with Crippen molar-refractivity contribution in [3.8, 4) is 0 Å². The first-order valence-electron chi connectivity index (χ1n) is 8.61. The third kappa shape index (κ3) is 4.14. The van der Waals surface area contributed by atoms with Crippen molar-refractivity contribution in [2.75, 3.05) is 0 Å². The fourth-order valence-electron chi connectivity index (χ4n) is 2.96. The number of halogens is 1. The van der Waals surface area contributed by atoms with Crippen molar-refractivity contribution in [2.24, 2.45) is 0 Å². The van der Waals surface area contributed by atoms with Crippen molar-refractivity contribution in [3.63, 3.8) is 0 Å². The number of aromatic nitrogens is 1. The SMILES string of the molecule is O=C(O)C(=O)CC(=O)c1cn(Cc2ccc(F)cc2)c2ccc(C(=O)O)cc2c1=O. The van der Waals surface area contributed by atoms with Crippen LogP contribution < -0.4 is 5.43 Å². The number of nitrogens with zero attached hydrogens (tertiary/aromatic N) is 1. The summed E-state index contributed by atoms with van der Waals surface area (Å²) in [6.45, 7) is 0.108. The van der Waals surface area contributed by atoms with Gasteiger partial charge in [-0.2, -0.15) is 0 Å². The number of rotatable bonds is 7. The Balaban J connectivity index is 2.19. The molecule has 0 spiro atoms. The molecule has 8 nitrogen and oxygen atoms in total. The van der Waals surface area contributed by atoms with Gasteiger partial charge in [-0.25, -0.2) is 14.0 Å². The molecular formula is C21H14FNO7. The summed E-state index contributed by atoms with van der Waals surface area (Å²) in [6.07, 6.45) is 0.178. The first kappa shape index (κ1) is 20.6. The van der Waals surface area contributed by atoms with Crippen LogP contribution in [-0.4, -0.2) is 38.3 Å². The Morgan fingerprint density at radius 1 is 0.967 bits per heavy atom. The van der Waals surface area contributed by atoms with Gasteiger partial charge in [-0.3, -0.25) is 14.4 Å². The van der Waals surface area contributed by atoms with Crippen molar-refractivity contribution in [1.29, 1.82) is 0 Å². The monoisotopic (exact) mass is 411 g/mol. The largest absolute Gasteiger partial charge is 0.478 e. The highest BCUT2D eigenvalue weighted by molar-refractivity contribution is 6.37. The van der Waals surface area contributed by atoms with E-state index in [4.69, 9.17) is 5.11 Å². The number of carboxylic acids is 2. The van der Waals surface area contributed by atoms with Crippen LogP contribution in [0.15, 0.2) is 53.5 Å². The zero-order valence-corrected chi connectivity index (χ0v) is 15.3. The molecule has 0 bridgehead atoms. The van der Waals surface area contributed by atoms with Crippen LogP contribution in [0.1, 0.15) is 32.7 Å². The molecule has 0 saturated heterocycles. The van der Waals surface area contributed by atoms with E-state index >= 15 is 0 Å². The number of carboxylic acid groups (broad SMARTS) is 2. The molecule has 0 aliphatic carbocycles. The van der Waals surface area contributed by atoms with Crippen molar-refractivity contribution < 1.29 is 33.8 Å². The van der Waals surface area contributed by atoms with Gasteiger partial charge in [-0.15, -0.1) is 0 Å². The van der Waals surface area contributed by atoms with Crippen molar-refractivity contribution >= 4 is 34.4 Å². The predicted molar refractivity (Wildman–Crippen MR) is 102 cm³/mol. The van der Waals surface area contributed by atoms with E-state index in [-0.39, 0.29) is 17.5 Å². The Hall–Kier alpha value is -4.14. The molecule has 2 N–H and O–H groups in total. The van der Waals surface area contributed by atoms with Crippen LogP contribution in [0.2, 0.25) is 0 Å². The summed E-state index contributed by atoms with van der Waals surface area (Å²) in [5.41, 5.74) is -0.494. The average Bonchev–Trinajstić information content (AvgIpc) is 2.71. The highest BCUT2D eigenvalue weighted by atomic mass is 19.1. The second-order valence-electron chi connectivity index (χ2n) is 6.49. The molecule has 9 heteroatoms. The molecule has 0 aliphatic rings. The van der Waals surface area contributed by atoms with E-state index in [9.17, 15) is 33.5 Å². The maximum Gasteiger partial charge on any atom is 0.372 e. The molecule has 0 aliphatic heterocycles. The summed E-state index contributed by atoms with van der Waals surface area (Å²) < 4.78 is 14.7. The van der Waals surface area contributed by atoms with Gasteiger partial charge >= 0.3 is 11.9 Å². The highest BCUT2D eigenvalue weighted by Crippen LogP contribution is 2.18. The van der Waals surface area contributed by atoms with Crippen LogP contribution in [0.3, 0.4) is 0 Å². The molecule has 152 valence electrons. The second-order valence-corrected chi connectivity index (χ2v) is 6.49. The highest BCUT2D eigenvalue weighted by Gasteiger charge is 2.22. The van der Waals surface area contributed by atoms with Gasteiger partial charge in [0.25, 0.3) is 0 Å². The van der Waals surface area contributed by atoms with Crippen molar-refractivity contribution in [2.45, 2.75) is 13.0 Å². The van der Waals surface area contributed by atoms with E-state index in [2.05, 4.69) is 0 Å². The zero-order chi connectivity index (χ0) is 22.0. The lowest BCUT2D eigenvalue weighted by molar-refractivity contribution is -0.148. The molecule has 0 fully saturated rings. The number of benzene rings is 2. The van der Waals surface area contributed by atoms with Crippen LogP contribution in [-0.2, 0) is 16.1 Å². The van der Waals surface area contributed by atoms with Gasteiger partial charge in [0.15, 0.2) is 11.2 Å². The predicted octanol–water partition coefficient (Wildman–Crippen LogP) is 2.11. The fraction of sp³-hybridized carbons (Fsp3) is 0.0952. The molecule has 0 atom stereocenters. The number of carbonyl (C=O) groups is 4. The van der Waals surface area contributed by atoms with Crippen LogP contribution in [0.5, 0.6) is 0 Å². The minimum atomic E-state index is -1.80. The molecule has 0 amide bonds. The van der Waals surface area contributed by atoms with Crippen LogP contribution >= 0.6 is 0 Å². The molecule has 3 rings (SSSR count). The first-order valence-corrected chi connectivity index (χ1v) is 8.61. The van der Waals surface area contributed by atoms with Gasteiger partial charge in [0.2, 0.25) is 5.78 Å². The molecule has 0 saturated carbocycles. The summed E-state index contributed by atoms with van der Waals surface area (Å²) in [6, 6.07) is 9.28.